The average Bonchev–Trinajstić information content (AvgIpc) is 2.64. The van der Waals surface area contributed by atoms with Gasteiger partial charge in [-0.15, -0.1) is 0 Å². The van der Waals surface area contributed by atoms with E-state index in [4.69, 9.17) is 5.73 Å². The molecule has 0 unspecified atom stereocenters. The van der Waals surface area contributed by atoms with Gasteiger partial charge < -0.3 is 16.2 Å². The zero-order valence-electron chi connectivity index (χ0n) is 14.6. The van der Waals surface area contributed by atoms with Gasteiger partial charge in [-0.1, -0.05) is 12.1 Å². The zero-order chi connectivity index (χ0) is 20.5. The number of benzene rings is 1. The number of hydrogen-bond acceptors (Lipinski definition) is 9. The van der Waals surface area contributed by atoms with Crippen molar-refractivity contribution in [3.8, 4) is 0 Å². The highest BCUT2D eigenvalue weighted by Crippen LogP contribution is 2.23. The van der Waals surface area contributed by atoms with E-state index in [1.54, 1.807) is 6.92 Å². The van der Waals surface area contributed by atoms with Gasteiger partial charge in [0.15, 0.2) is 28.6 Å². The van der Waals surface area contributed by atoms with E-state index in [1.807, 2.05) is 0 Å². The van der Waals surface area contributed by atoms with Gasteiger partial charge in [-0.2, -0.15) is 9.97 Å². The van der Waals surface area contributed by atoms with Gasteiger partial charge in [-0.3, -0.25) is 0 Å². The predicted molar refractivity (Wildman–Crippen MR) is 97.0 cm³/mol. The van der Waals surface area contributed by atoms with Crippen LogP contribution in [0.5, 0.6) is 0 Å². The number of aromatic nitrogens is 4. The van der Waals surface area contributed by atoms with E-state index in [0.717, 1.165) is 12.1 Å². The van der Waals surface area contributed by atoms with E-state index in [-0.39, 0.29) is 35.0 Å². The third-order valence-corrected chi connectivity index (χ3v) is 5.15. The molecule has 1 aromatic carbocycles. The van der Waals surface area contributed by atoms with Crippen LogP contribution in [0.2, 0.25) is 0 Å². The first kappa shape index (κ1) is 19.8. The lowest BCUT2D eigenvalue weighted by atomic mass is 10.2. The number of halogens is 2. The molecule has 0 saturated heterocycles. The summed E-state index contributed by atoms with van der Waals surface area (Å²) in [7, 11) is -4.26. The third kappa shape index (κ3) is 3.97. The van der Waals surface area contributed by atoms with Gasteiger partial charge in [0.1, 0.15) is 5.82 Å². The predicted octanol–water partition coefficient (Wildman–Crippen LogP) is 1.05. The second-order valence-electron chi connectivity index (χ2n) is 6.02. The lowest BCUT2D eigenvalue weighted by Crippen LogP contribution is -2.22. The molecule has 28 heavy (non-hydrogen) atoms. The maximum atomic E-state index is 13.9. The number of hydrogen-bond donors (Lipinski definition) is 3. The van der Waals surface area contributed by atoms with Crippen molar-refractivity contribution < 1.29 is 22.3 Å². The first-order chi connectivity index (χ1) is 13.2. The van der Waals surface area contributed by atoms with Crippen molar-refractivity contribution in [1.82, 2.24) is 19.9 Å². The van der Waals surface area contributed by atoms with Crippen molar-refractivity contribution in [2.24, 2.45) is 0 Å². The number of anilines is 2. The Morgan fingerprint density at radius 2 is 2.00 bits per heavy atom. The average molecular weight is 410 g/mol. The molecule has 2 heterocycles. The van der Waals surface area contributed by atoms with E-state index in [2.05, 4.69) is 25.3 Å². The van der Waals surface area contributed by atoms with Crippen LogP contribution in [-0.4, -0.2) is 46.1 Å². The molecular formula is C16H16F2N6O3S. The van der Waals surface area contributed by atoms with Gasteiger partial charge >= 0.3 is 0 Å². The minimum atomic E-state index is -4.26. The number of sulfone groups is 1. The summed E-state index contributed by atoms with van der Waals surface area (Å²) in [4.78, 5) is 15.8. The minimum absolute atomic E-state index is 0.00637. The summed E-state index contributed by atoms with van der Waals surface area (Å²) in [5.74, 6) is -3.26. The molecule has 3 aromatic rings. The zero-order valence-corrected chi connectivity index (χ0v) is 15.4. The molecule has 0 bridgehead atoms. The lowest BCUT2D eigenvalue weighted by molar-refractivity contribution is 0.281. The number of rotatable bonds is 6. The van der Waals surface area contributed by atoms with Crippen LogP contribution in [0, 0.1) is 11.6 Å². The Morgan fingerprint density at radius 1 is 1.25 bits per heavy atom. The lowest BCUT2D eigenvalue weighted by Gasteiger charge is -2.14. The monoisotopic (exact) mass is 410 g/mol. The summed E-state index contributed by atoms with van der Waals surface area (Å²) in [5.41, 5.74) is 5.27. The van der Waals surface area contributed by atoms with Crippen LogP contribution in [0.25, 0.3) is 11.2 Å². The highest BCUT2D eigenvalue weighted by molar-refractivity contribution is 7.90. The van der Waals surface area contributed by atoms with Crippen LogP contribution in [0.4, 0.5) is 20.4 Å². The van der Waals surface area contributed by atoms with E-state index in [9.17, 15) is 22.3 Å². The summed E-state index contributed by atoms with van der Waals surface area (Å²) >= 11 is 0. The molecule has 0 aliphatic carbocycles. The molecule has 0 amide bonds. The maximum absolute atomic E-state index is 13.9. The molecule has 1 atom stereocenters. The van der Waals surface area contributed by atoms with Crippen LogP contribution in [-0.2, 0) is 15.6 Å². The first-order valence-electron chi connectivity index (χ1n) is 8.04. The SMILES string of the molecule is C[C@H](CO)Nc1nc(S(=O)(=O)Cc2cccc(F)c2F)nc2nc(N)cnc12. The Morgan fingerprint density at radius 3 is 2.71 bits per heavy atom. The number of aliphatic hydroxyl groups excluding tert-OH is 1. The minimum Gasteiger partial charge on any atom is -0.394 e. The van der Waals surface area contributed by atoms with Gasteiger partial charge in [-0.05, 0) is 13.0 Å². The van der Waals surface area contributed by atoms with Crippen LogP contribution < -0.4 is 11.1 Å². The van der Waals surface area contributed by atoms with Crippen LogP contribution >= 0.6 is 0 Å². The summed E-state index contributed by atoms with van der Waals surface area (Å²) in [6.07, 6.45) is 1.25. The second kappa shape index (κ2) is 7.56. The molecule has 3 rings (SSSR count). The second-order valence-corrected chi connectivity index (χ2v) is 7.91. The van der Waals surface area contributed by atoms with Gasteiger partial charge in [-0.25, -0.2) is 27.2 Å². The summed E-state index contributed by atoms with van der Waals surface area (Å²) in [5, 5.41) is 11.4. The number of nitrogens with one attached hydrogen (secondary N) is 1. The number of nitrogen functional groups attached to an aromatic ring is 1. The molecule has 9 nitrogen and oxygen atoms in total. The quantitative estimate of drug-likeness (QED) is 0.508. The summed E-state index contributed by atoms with van der Waals surface area (Å²) < 4.78 is 52.7. The standard InChI is InChI=1S/C16H16F2N6O3S/c1-8(6-25)21-14-13-15(22-11(19)5-20-13)24-16(23-14)28(26,27)7-9-3-2-4-10(17)12(9)18/h2-5,8,25H,6-7H2,1H3,(H3,19,21,22,23,24)/t8-/m1/s1. The van der Waals surface area contributed by atoms with Gasteiger partial charge in [0.05, 0.1) is 18.6 Å². The van der Waals surface area contributed by atoms with Crippen molar-refractivity contribution >= 4 is 32.6 Å². The van der Waals surface area contributed by atoms with Crippen molar-refractivity contribution in [1.29, 1.82) is 0 Å². The molecule has 0 radical (unpaired) electrons. The number of aliphatic hydroxyl groups is 1. The van der Waals surface area contributed by atoms with E-state index >= 15 is 0 Å². The first-order valence-corrected chi connectivity index (χ1v) is 9.70. The number of nitrogens with zero attached hydrogens (tertiary/aromatic N) is 4. The van der Waals surface area contributed by atoms with Crippen LogP contribution in [0.3, 0.4) is 0 Å². The summed E-state index contributed by atoms with van der Waals surface area (Å²) in [6.45, 7) is 1.37. The van der Waals surface area contributed by atoms with Crippen LogP contribution in [0.1, 0.15) is 12.5 Å². The topological polar surface area (TPSA) is 144 Å². The fourth-order valence-electron chi connectivity index (χ4n) is 2.35. The van der Waals surface area contributed by atoms with Crippen molar-refractivity contribution in [2.75, 3.05) is 17.7 Å². The van der Waals surface area contributed by atoms with Crippen molar-refractivity contribution in [2.45, 2.75) is 23.9 Å². The molecule has 0 fully saturated rings. The van der Waals surface area contributed by atoms with Gasteiger partial charge in [0.25, 0.3) is 5.16 Å². The third-order valence-electron chi connectivity index (χ3n) is 3.72. The molecule has 4 N–H and O–H groups in total. The highest BCUT2D eigenvalue weighted by Gasteiger charge is 2.25. The summed E-state index contributed by atoms with van der Waals surface area (Å²) in [6, 6.07) is 2.76. The normalized spacial score (nSPS) is 12.9. The Kier molecular flexibility index (Phi) is 5.34. The van der Waals surface area contributed by atoms with E-state index < -0.39 is 38.4 Å². The van der Waals surface area contributed by atoms with Crippen molar-refractivity contribution in [3.63, 3.8) is 0 Å². The Bertz CT molecular complexity index is 1140. The number of nitrogens with two attached hydrogens (primary N) is 1. The Balaban J connectivity index is 2.11. The fraction of sp³-hybridized carbons (Fsp3) is 0.250. The van der Waals surface area contributed by atoms with E-state index in [0.29, 0.717) is 0 Å². The Hall–Kier alpha value is -2.99. The molecule has 0 aliphatic rings. The van der Waals surface area contributed by atoms with Crippen LogP contribution in [0.15, 0.2) is 29.6 Å². The molecule has 2 aromatic heterocycles. The molecule has 0 spiro atoms. The molecule has 0 aliphatic heterocycles. The maximum Gasteiger partial charge on any atom is 0.251 e. The van der Waals surface area contributed by atoms with E-state index in [1.165, 1.54) is 12.3 Å². The smallest absolute Gasteiger partial charge is 0.251 e. The van der Waals surface area contributed by atoms with Crippen molar-refractivity contribution in [3.05, 3.63) is 41.6 Å². The highest BCUT2D eigenvalue weighted by atomic mass is 32.2. The molecule has 148 valence electrons. The fourth-order valence-corrected chi connectivity index (χ4v) is 3.57. The van der Waals surface area contributed by atoms with Gasteiger partial charge in [0, 0.05) is 11.6 Å². The molecule has 12 heteroatoms. The Labute approximate surface area is 158 Å². The molecule has 0 saturated carbocycles. The van der Waals surface area contributed by atoms with Gasteiger partial charge in [0.2, 0.25) is 9.84 Å². The largest absolute Gasteiger partial charge is 0.394 e. The number of fused-ring (bicyclic) bond motifs is 1. The molecular weight excluding hydrogens is 394 g/mol.